The molecule has 0 saturated heterocycles. The van der Waals surface area contributed by atoms with Crippen molar-refractivity contribution in [3.05, 3.63) is 48.4 Å². The van der Waals surface area contributed by atoms with Crippen LogP contribution in [-0.2, 0) is 6.54 Å². The molecule has 1 aromatic heterocycles. The lowest BCUT2D eigenvalue weighted by atomic mass is 10.3. The molecule has 0 aliphatic carbocycles. The van der Waals surface area contributed by atoms with Gasteiger partial charge in [0.05, 0.1) is 19.9 Å². The van der Waals surface area contributed by atoms with Gasteiger partial charge in [0.2, 0.25) is 0 Å². The Morgan fingerprint density at radius 3 is 2.79 bits per heavy atom. The van der Waals surface area contributed by atoms with Gasteiger partial charge < -0.3 is 19.2 Å². The molecular formula is C15H19NO3. The van der Waals surface area contributed by atoms with Crippen LogP contribution in [0.5, 0.6) is 11.5 Å². The zero-order valence-electron chi connectivity index (χ0n) is 11.3. The first kappa shape index (κ1) is 13.5. The van der Waals surface area contributed by atoms with Gasteiger partial charge in [0.15, 0.2) is 0 Å². The number of ether oxygens (including phenoxy) is 2. The maximum absolute atomic E-state index is 5.80. The lowest BCUT2D eigenvalue weighted by molar-refractivity contribution is 0.214. The second-order valence-corrected chi connectivity index (χ2v) is 4.32. The minimum absolute atomic E-state index is 0.0714. The average Bonchev–Trinajstić information content (AvgIpc) is 2.92. The predicted octanol–water partition coefficient (Wildman–Crippen LogP) is 2.85. The molecule has 4 heteroatoms. The maximum Gasteiger partial charge on any atom is 0.123 e. The highest BCUT2D eigenvalue weighted by Gasteiger charge is 2.05. The summed E-state index contributed by atoms with van der Waals surface area (Å²) in [6, 6.07) is 11.4. The van der Waals surface area contributed by atoms with Crippen LogP contribution in [0.4, 0.5) is 0 Å². The Labute approximate surface area is 113 Å². The van der Waals surface area contributed by atoms with Crippen molar-refractivity contribution in [2.75, 3.05) is 13.7 Å². The molecule has 0 saturated carbocycles. The summed E-state index contributed by atoms with van der Waals surface area (Å²) >= 11 is 0. The first-order chi connectivity index (χ1) is 9.28. The fourth-order valence-corrected chi connectivity index (χ4v) is 1.76. The van der Waals surface area contributed by atoms with Crippen LogP contribution in [0.15, 0.2) is 47.1 Å². The van der Waals surface area contributed by atoms with Gasteiger partial charge in [0.1, 0.15) is 23.4 Å². The van der Waals surface area contributed by atoms with Gasteiger partial charge in [-0.3, -0.25) is 0 Å². The molecule has 4 nitrogen and oxygen atoms in total. The molecule has 1 heterocycles. The highest BCUT2D eigenvalue weighted by molar-refractivity contribution is 5.32. The molecule has 0 bridgehead atoms. The van der Waals surface area contributed by atoms with Crippen LogP contribution in [0.3, 0.4) is 0 Å². The summed E-state index contributed by atoms with van der Waals surface area (Å²) in [4.78, 5) is 0. The Balaban J connectivity index is 1.75. The lowest BCUT2D eigenvalue weighted by Gasteiger charge is -2.15. The van der Waals surface area contributed by atoms with E-state index >= 15 is 0 Å². The number of benzene rings is 1. The molecule has 19 heavy (non-hydrogen) atoms. The number of furan rings is 1. The van der Waals surface area contributed by atoms with Gasteiger partial charge in [-0.1, -0.05) is 6.07 Å². The van der Waals surface area contributed by atoms with E-state index in [0.29, 0.717) is 6.54 Å². The highest BCUT2D eigenvalue weighted by Crippen LogP contribution is 2.19. The highest BCUT2D eigenvalue weighted by atomic mass is 16.5. The van der Waals surface area contributed by atoms with E-state index in [4.69, 9.17) is 13.9 Å². The first-order valence-corrected chi connectivity index (χ1v) is 6.31. The van der Waals surface area contributed by atoms with Crippen molar-refractivity contribution in [2.24, 2.45) is 0 Å². The van der Waals surface area contributed by atoms with Gasteiger partial charge in [-0.15, -0.1) is 0 Å². The molecule has 0 aliphatic heterocycles. The Bertz CT molecular complexity index is 482. The van der Waals surface area contributed by atoms with Crippen LogP contribution < -0.4 is 14.8 Å². The molecular weight excluding hydrogens is 242 g/mol. The van der Waals surface area contributed by atoms with E-state index in [2.05, 4.69) is 5.32 Å². The van der Waals surface area contributed by atoms with Gasteiger partial charge in [0.25, 0.3) is 0 Å². The lowest BCUT2D eigenvalue weighted by Crippen LogP contribution is -2.28. The van der Waals surface area contributed by atoms with Crippen LogP contribution in [0.1, 0.15) is 12.7 Å². The van der Waals surface area contributed by atoms with Crippen molar-refractivity contribution in [3.8, 4) is 11.5 Å². The summed E-state index contributed by atoms with van der Waals surface area (Å²) in [5.74, 6) is 2.54. The Hall–Kier alpha value is -1.94. The van der Waals surface area contributed by atoms with Crippen LogP contribution in [0.25, 0.3) is 0 Å². The van der Waals surface area contributed by atoms with E-state index in [9.17, 15) is 0 Å². The fourth-order valence-electron chi connectivity index (χ4n) is 1.76. The topological polar surface area (TPSA) is 43.6 Å². The summed E-state index contributed by atoms with van der Waals surface area (Å²) in [5, 5.41) is 3.29. The molecule has 1 aromatic carbocycles. The van der Waals surface area contributed by atoms with Crippen molar-refractivity contribution in [1.82, 2.24) is 5.32 Å². The van der Waals surface area contributed by atoms with Crippen molar-refractivity contribution in [2.45, 2.75) is 19.6 Å². The zero-order chi connectivity index (χ0) is 13.5. The van der Waals surface area contributed by atoms with Crippen molar-refractivity contribution in [3.63, 3.8) is 0 Å². The molecule has 1 unspecified atom stereocenters. The summed E-state index contributed by atoms with van der Waals surface area (Å²) in [7, 11) is 1.65. The second kappa shape index (κ2) is 6.85. The fraction of sp³-hybridized carbons (Fsp3) is 0.333. The van der Waals surface area contributed by atoms with Gasteiger partial charge in [-0.25, -0.2) is 0 Å². The molecule has 1 N–H and O–H groups in total. The third kappa shape index (κ3) is 4.34. The van der Waals surface area contributed by atoms with Crippen LogP contribution >= 0.6 is 0 Å². The third-order valence-corrected chi connectivity index (χ3v) is 2.69. The largest absolute Gasteiger partial charge is 0.497 e. The van der Waals surface area contributed by atoms with Crippen LogP contribution in [0, 0.1) is 0 Å². The second-order valence-electron chi connectivity index (χ2n) is 4.32. The molecule has 2 rings (SSSR count). The van der Waals surface area contributed by atoms with Gasteiger partial charge >= 0.3 is 0 Å². The van der Waals surface area contributed by atoms with Gasteiger partial charge in [-0.05, 0) is 31.2 Å². The van der Waals surface area contributed by atoms with E-state index in [0.717, 1.165) is 23.8 Å². The van der Waals surface area contributed by atoms with Gasteiger partial charge in [-0.2, -0.15) is 0 Å². The third-order valence-electron chi connectivity index (χ3n) is 2.69. The summed E-state index contributed by atoms with van der Waals surface area (Å²) in [6.07, 6.45) is 1.75. The van der Waals surface area contributed by atoms with Crippen molar-refractivity contribution >= 4 is 0 Å². The smallest absolute Gasteiger partial charge is 0.123 e. The molecule has 0 spiro atoms. The number of hydrogen-bond acceptors (Lipinski definition) is 4. The quantitative estimate of drug-likeness (QED) is 0.832. The first-order valence-electron chi connectivity index (χ1n) is 6.31. The molecule has 0 fully saturated rings. The molecule has 1 atom stereocenters. The summed E-state index contributed by atoms with van der Waals surface area (Å²) in [6.45, 7) is 3.48. The van der Waals surface area contributed by atoms with E-state index in [-0.39, 0.29) is 6.10 Å². The van der Waals surface area contributed by atoms with E-state index in [1.165, 1.54) is 0 Å². The maximum atomic E-state index is 5.80. The zero-order valence-corrected chi connectivity index (χ0v) is 11.3. The predicted molar refractivity (Wildman–Crippen MR) is 73.5 cm³/mol. The van der Waals surface area contributed by atoms with Crippen molar-refractivity contribution < 1.29 is 13.9 Å². The molecule has 0 radical (unpaired) electrons. The van der Waals surface area contributed by atoms with Crippen LogP contribution in [0.2, 0.25) is 0 Å². The van der Waals surface area contributed by atoms with E-state index in [1.807, 2.05) is 43.3 Å². The minimum atomic E-state index is 0.0714. The Kier molecular flexibility index (Phi) is 4.86. The standard InChI is InChI=1S/C15H19NO3/c1-12(10-16-11-15-7-4-8-18-15)19-14-6-3-5-13(9-14)17-2/h3-9,12,16H,10-11H2,1-2H3. The monoisotopic (exact) mass is 261 g/mol. The number of rotatable bonds is 7. The van der Waals surface area contributed by atoms with Gasteiger partial charge in [0, 0.05) is 12.6 Å². The van der Waals surface area contributed by atoms with Crippen LogP contribution in [-0.4, -0.2) is 19.8 Å². The minimum Gasteiger partial charge on any atom is -0.497 e. The Morgan fingerprint density at radius 2 is 2.05 bits per heavy atom. The number of hydrogen-bond donors (Lipinski definition) is 1. The normalized spacial score (nSPS) is 12.1. The van der Waals surface area contributed by atoms with Crippen molar-refractivity contribution in [1.29, 1.82) is 0 Å². The van der Waals surface area contributed by atoms with E-state index in [1.54, 1.807) is 13.4 Å². The number of nitrogens with one attached hydrogen (secondary N) is 1. The van der Waals surface area contributed by atoms with E-state index < -0.39 is 0 Å². The Morgan fingerprint density at radius 1 is 1.21 bits per heavy atom. The molecule has 102 valence electrons. The average molecular weight is 261 g/mol. The summed E-state index contributed by atoms with van der Waals surface area (Å²) < 4.78 is 16.2. The molecule has 2 aromatic rings. The molecule has 0 amide bonds. The summed E-state index contributed by atoms with van der Waals surface area (Å²) in [5.41, 5.74) is 0. The molecule has 0 aliphatic rings. The number of methoxy groups -OCH3 is 1. The SMILES string of the molecule is COc1cccc(OC(C)CNCc2ccco2)c1.